The van der Waals surface area contributed by atoms with Gasteiger partial charge >= 0.3 is 5.97 Å². The summed E-state index contributed by atoms with van der Waals surface area (Å²) in [4.78, 5) is 79.5. The van der Waals surface area contributed by atoms with Gasteiger partial charge in [0, 0.05) is 51.5 Å². The molecule has 0 saturated carbocycles. The lowest BCUT2D eigenvalue weighted by atomic mass is 9.99. The van der Waals surface area contributed by atoms with Crippen molar-refractivity contribution < 1.29 is 38.9 Å². The van der Waals surface area contributed by atoms with E-state index in [9.17, 15) is 33.9 Å². The lowest BCUT2D eigenvalue weighted by molar-refractivity contribution is -0.135. The average molecular weight is 757 g/mol. The van der Waals surface area contributed by atoms with E-state index in [4.69, 9.17) is 9.84 Å². The van der Waals surface area contributed by atoms with Gasteiger partial charge in [0.2, 0.25) is 17.7 Å². The number of carbonyl (C=O) groups excluding carboxylic acids is 4. The van der Waals surface area contributed by atoms with Crippen LogP contribution in [-0.4, -0.2) is 101 Å². The fourth-order valence-corrected chi connectivity index (χ4v) is 6.59. The fraction of sp³-hybridized carbons (Fsp3) is 0.400. The molecule has 2 atom stereocenters. The second-order valence-electron chi connectivity index (χ2n) is 14.1. The van der Waals surface area contributed by atoms with E-state index in [0.717, 1.165) is 34.0 Å². The number of amides is 4. The molecule has 0 unspecified atom stereocenters. The van der Waals surface area contributed by atoms with Gasteiger partial charge in [-0.15, -0.1) is 0 Å². The smallest absolute Gasteiger partial charge is 0.322 e. The molecule has 1 aliphatic rings. The Morgan fingerprint density at radius 2 is 1.56 bits per heavy atom. The van der Waals surface area contributed by atoms with Gasteiger partial charge in [0.15, 0.2) is 0 Å². The number of carbonyl (C=O) groups is 5. The highest BCUT2D eigenvalue weighted by atomic mass is 16.5. The maximum absolute atomic E-state index is 14.0. The third-order valence-electron chi connectivity index (χ3n) is 9.53. The van der Waals surface area contributed by atoms with E-state index in [1.54, 1.807) is 12.1 Å². The molecule has 1 aromatic heterocycles. The first-order valence-electron chi connectivity index (χ1n) is 18.3. The first-order chi connectivity index (χ1) is 26.3. The highest BCUT2D eigenvalue weighted by Gasteiger charge is 2.28. The number of nitrogens with zero attached hydrogens (tertiary/aromatic N) is 2. The Morgan fingerprint density at radius 1 is 0.855 bits per heavy atom. The number of carboxylic acid groups (broad SMARTS) is 1. The van der Waals surface area contributed by atoms with Crippen LogP contribution in [-0.2, 0) is 43.9 Å². The maximum Gasteiger partial charge on any atom is 0.322 e. The number of aromatic nitrogens is 1. The lowest BCUT2D eigenvalue weighted by Gasteiger charge is -2.27. The van der Waals surface area contributed by atoms with Gasteiger partial charge in [0.25, 0.3) is 11.5 Å². The molecule has 5 rings (SSSR count). The molecule has 0 aliphatic carbocycles. The number of nitrogens with one attached hydrogen (secondary N) is 4. The summed E-state index contributed by atoms with van der Waals surface area (Å²) in [5, 5.41) is 32.8. The Labute approximate surface area is 318 Å². The minimum absolute atomic E-state index is 0.0164. The summed E-state index contributed by atoms with van der Waals surface area (Å²) < 4.78 is 6.57. The van der Waals surface area contributed by atoms with Crippen molar-refractivity contribution in [2.75, 3.05) is 39.4 Å². The van der Waals surface area contributed by atoms with E-state index in [0.29, 0.717) is 37.3 Å². The molecule has 0 bridgehead atoms. The molecule has 1 fully saturated rings. The van der Waals surface area contributed by atoms with Gasteiger partial charge in [-0.05, 0) is 46.4 Å². The second-order valence-corrected chi connectivity index (χ2v) is 14.1. The van der Waals surface area contributed by atoms with Crippen molar-refractivity contribution in [2.24, 2.45) is 13.0 Å². The van der Waals surface area contributed by atoms with Crippen LogP contribution in [0.1, 0.15) is 48.2 Å². The Balaban J connectivity index is 1.32. The molecule has 0 spiro atoms. The van der Waals surface area contributed by atoms with Crippen LogP contribution >= 0.6 is 0 Å². The number of rotatable bonds is 16. The fourth-order valence-electron chi connectivity index (χ4n) is 6.59. The molecule has 15 heteroatoms. The molecule has 1 aliphatic heterocycles. The van der Waals surface area contributed by atoms with Crippen LogP contribution in [0.15, 0.2) is 65.5 Å². The number of carboxylic acids is 1. The monoisotopic (exact) mass is 756 g/mol. The molecule has 15 nitrogen and oxygen atoms in total. The van der Waals surface area contributed by atoms with Crippen molar-refractivity contribution in [3.05, 3.63) is 87.7 Å². The molecule has 2 heterocycles. The summed E-state index contributed by atoms with van der Waals surface area (Å²) >= 11 is 0. The average Bonchev–Trinajstić information content (AvgIpc) is 3.17. The summed E-state index contributed by atoms with van der Waals surface area (Å²) in [7, 11) is 1.42. The SMILES string of the molecule is CC(C)C[C@H](NC(=O)[C@H](Cc1ccc2ccccc2c1)NC(=O)CCN1CCOCC1)C(=O)NCc1ccc2c(c1)c(O)c(C(=O)NCC(=O)O)c(=O)n2C. The standard InChI is InChI=1S/C40H48N6O9/c1-24(2)18-30(37(51)41-22-26-9-11-32-29(20-26)36(50)35(40(54)45(32)3)39(53)42-23-34(48)49)44-38(52)31(43-33(47)12-13-46-14-16-55-17-15-46)21-25-8-10-27-6-4-5-7-28(27)19-25/h4-11,19-20,24,30-31,50H,12-18,21-23H2,1-3H3,(H,41,51)(H,42,53)(H,43,47)(H,44,52)(H,48,49)/t30-,31-/m0/s1. The quantitative estimate of drug-likeness (QED) is 0.0978. The number of fused-ring (bicyclic) bond motifs is 2. The highest BCUT2D eigenvalue weighted by molar-refractivity contribution is 6.03. The summed E-state index contributed by atoms with van der Waals surface area (Å²) in [5.41, 5.74) is 0.249. The summed E-state index contributed by atoms with van der Waals surface area (Å²) in [6, 6.07) is 16.5. The minimum Gasteiger partial charge on any atom is -0.506 e. The Kier molecular flexibility index (Phi) is 13.6. The van der Waals surface area contributed by atoms with Gasteiger partial charge in [0.05, 0.1) is 18.7 Å². The molecular formula is C40H48N6O9. The number of hydrogen-bond acceptors (Lipinski definition) is 9. The van der Waals surface area contributed by atoms with E-state index < -0.39 is 59.2 Å². The largest absolute Gasteiger partial charge is 0.506 e. The third kappa shape index (κ3) is 10.7. The molecule has 0 radical (unpaired) electrons. The van der Waals surface area contributed by atoms with E-state index in [2.05, 4.69) is 26.2 Å². The molecule has 1 saturated heterocycles. The molecule has 292 valence electrons. The zero-order valence-corrected chi connectivity index (χ0v) is 31.2. The van der Waals surface area contributed by atoms with Crippen LogP contribution in [0.3, 0.4) is 0 Å². The summed E-state index contributed by atoms with van der Waals surface area (Å²) in [5.74, 6) is -4.22. The predicted octanol–water partition coefficient (Wildman–Crippen LogP) is 1.81. The Hall–Kier alpha value is -5.80. The number of aromatic hydroxyl groups is 1. The highest BCUT2D eigenvalue weighted by Crippen LogP contribution is 2.27. The van der Waals surface area contributed by atoms with Gasteiger partial charge in [-0.1, -0.05) is 62.4 Å². The zero-order valence-electron chi connectivity index (χ0n) is 31.2. The lowest BCUT2D eigenvalue weighted by Crippen LogP contribution is -2.54. The predicted molar refractivity (Wildman–Crippen MR) is 206 cm³/mol. The van der Waals surface area contributed by atoms with Crippen LogP contribution in [0.4, 0.5) is 0 Å². The first kappa shape index (κ1) is 40.4. The molecule has 3 aromatic carbocycles. The van der Waals surface area contributed by atoms with Gasteiger partial charge < -0.3 is 40.8 Å². The van der Waals surface area contributed by atoms with Crippen molar-refractivity contribution in [3.8, 4) is 5.75 Å². The number of morpholine rings is 1. The molecule has 55 heavy (non-hydrogen) atoms. The minimum atomic E-state index is -1.32. The number of aryl methyl sites for hydroxylation is 1. The van der Waals surface area contributed by atoms with Crippen LogP contribution in [0.25, 0.3) is 21.7 Å². The van der Waals surface area contributed by atoms with Crippen molar-refractivity contribution in [1.82, 2.24) is 30.7 Å². The van der Waals surface area contributed by atoms with Gasteiger partial charge in [-0.25, -0.2) is 0 Å². The third-order valence-corrected chi connectivity index (χ3v) is 9.53. The number of ether oxygens (including phenoxy) is 1. The number of benzene rings is 3. The van der Waals surface area contributed by atoms with E-state index in [1.807, 2.05) is 56.3 Å². The second kappa shape index (κ2) is 18.5. The van der Waals surface area contributed by atoms with Crippen LogP contribution in [0, 0.1) is 5.92 Å². The van der Waals surface area contributed by atoms with E-state index in [1.165, 1.54) is 13.1 Å². The van der Waals surface area contributed by atoms with E-state index >= 15 is 0 Å². The number of hydrogen-bond donors (Lipinski definition) is 6. The van der Waals surface area contributed by atoms with Crippen LogP contribution in [0.2, 0.25) is 0 Å². The van der Waals surface area contributed by atoms with Gasteiger partial charge in [0.1, 0.15) is 29.9 Å². The molecule has 6 N–H and O–H groups in total. The maximum atomic E-state index is 14.0. The van der Waals surface area contributed by atoms with Crippen molar-refractivity contribution in [1.29, 1.82) is 0 Å². The van der Waals surface area contributed by atoms with Crippen LogP contribution in [0.5, 0.6) is 5.75 Å². The normalized spacial score (nSPS) is 14.3. The Bertz CT molecular complexity index is 2130. The van der Waals surface area contributed by atoms with Gasteiger partial charge in [-0.2, -0.15) is 0 Å². The molecular weight excluding hydrogens is 708 g/mol. The zero-order chi connectivity index (χ0) is 39.6. The molecule has 4 aromatic rings. The molecule has 4 amide bonds. The van der Waals surface area contributed by atoms with Crippen molar-refractivity contribution in [2.45, 2.75) is 51.7 Å². The summed E-state index contributed by atoms with van der Waals surface area (Å²) in [6.45, 7) is 6.27. The van der Waals surface area contributed by atoms with E-state index in [-0.39, 0.29) is 36.6 Å². The summed E-state index contributed by atoms with van der Waals surface area (Å²) in [6.07, 6.45) is 0.706. The van der Waals surface area contributed by atoms with Crippen LogP contribution < -0.4 is 26.8 Å². The van der Waals surface area contributed by atoms with Crippen molar-refractivity contribution >= 4 is 51.3 Å². The number of aliphatic carboxylic acids is 1. The Morgan fingerprint density at radius 3 is 2.27 bits per heavy atom. The van der Waals surface area contributed by atoms with Crippen molar-refractivity contribution in [3.63, 3.8) is 0 Å². The van der Waals surface area contributed by atoms with Gasteiger partial charge in [-0.3, -0.25) is 33.7 Å². The topological polar surface area (TPSA) is 208 Å². The number of pyridine rings is 1. The first-order valence-corrected chi connectivity index (χ1v) is 18.3.